The summed E-state index contributed by atoms with van der Waals surface area (Å²) in [5.74, 6) is 0.427. The summed E-state index contributed by atoms with van der Waals surface area (Å²) in [7, 11) is 0. The minimum Gasteiger partial charge on any atom is -0.338 e. The standard InChI is InChI=1S/C14H10ClFN2/c1-8-2-3-9(15)6-11(8)14-17-12-5-4-10(16)7-13(12)18-14/h2-7H,1H3,(H,17,18). The minimum absolute atomic E-state index is 0.277. The predicted molar refractivity (Wildman–Crippen MR) is 71.2 cm³/mol. The van der Waals surface area contributed by atoms with Crippen molar-refractivity contribution < 1.29 is 4.39 Å². The second-order valence-corrected chi connectivity index (χ2v) is 4.64. The Bertz CT molecular complexity index is 734. The van der Waals surface area contributed by atoms with Crippen LogP contribution < -0.4 is 0 Å². The van der Waals surface area contributed by atoms with Gasteiger partial charge < -0.3 is 4.98 Å². The molecule has 0 saturated carbocycles. The molecule has 1 heterocycles. The maximum absolute atomic E-state index is 13.1. The zero-order valence-electron chi connectivity index (χ0n) is 9.67. The van der Waals surface area contributed by atoms with Crippen molar-refractivity contribution in [1.29, 1.82) is 0 Å². The molecule has 3 aromatic rings. The van der Waals surface area contributed by atoms with E-state index < -0.39 is 0 Å². The van der Waals surface area contributed by atoms with E-state index in [2.05, 4.69) is 9.97 Å². The highest BCUT2D eigenvalue weighted by Gasteiger charge is 2.08. The molecule has 0 unspecified atom stereocenters. The molecule has 0 atom stereocenters. The fraction of sp³-hybridized carbons (Fsp3) is 0.0714. The van der Waals surface area contributed by atoms with Crippen LogP contribution >= 0.6 is 11.6 Å². The fourth-order valence-electron chi connectivity index (χ4n) is 1.96. The predicted octanol–water partition coefficient (Wildman–Crippen LogP) is 4.33. The molecule has 0 aliphatic heterocycles. The third-order valence-corrected chi connectivity index (χ3v) is 3.13. The number of halogens is 2. The molecule has 1 N–H and O–H groups in total. The van der Waals surface area contributed by atoms with E-state index in [0.29, 0.717) is 16.4 Å². The fourth-order valence-corrected chi connectivity index (χ4v) is 2.13. The van der Waals surface area contributed by atoms with Crippen molar-refractivity contribution in [3.63, 3.8) is 0 Å². The van der Waals surface area contributed by atoms with Crippen LogP contribution in [-0.2, 0) is 0 Å². The van der Waals surface area contributed by atoms with Gasteiger partial charge in [0.05, 0.1) is 11.0 Å². The first-order chi connectivity index (χ1) is 8.63. The third-order valence-electron chi connectivity index (χ3n) is 2.90. The van der Waals surface area contributed by atoms with Gasteiger partial charge in [-0.2, -0.15) is 0 Å². The lowest BCUT2D eigenvalue weighted by Gasteiger charge is -2.02. The van der Waals surface area contributed by atoms with E-state index in [1.807, 2.05) is 25.1 Å². The number of aromatic amines is 1. The van der Waals surface area contributed by atoms with Crippen LogP contribution in [0.2, 0.25) is 5.02 Å². The van der Waals surface area contributed by atoms with Crippen LogP contribution in [0.1, 0.15) is 5.56 Å². The number of H-pyrrole nitrogens is 1. The zero-order valence-corrected chi connectivity index (χ0v) is 10.4. The van der Waals surface area contributed by atoms with E-state index >= 15 is 0 Å². The largest absolute Gasteiger partial charge is 0.338 e. The molecule has 0 amide bonds. The summed E-state index contributed by atoms with van der Waals surface area (Å²) in [4.78, 5) is 7.56. The number of benzene rings is 2. The molecule has 2 nitrogen and oxygen atoms in total. The van der Waals surface area contributed by atoms with E-state index in [-0.39, 0.29) is 5.82 Å². The second kappa shape index (κ2) is 4.10. The topological polar surface area (TPSA) is 28.7 Å². The van der Waals surface area contributed by atoms with Crippen LogP contribution in [-0.4, -0.2) is 9.97 Å². The Labute approximate surface area is 108 Å². The van der Waals surface area contributed by atoms with Crippen molar-refractivity contribution in [3.8, 4) is 11.4 Å². The van der Waals surface area contributed by atoms with E-state index in [9.17, 15) is 4.39 Å². The van der Waals surface area contributed by atoms with Crippen LogP contribution in [0.15, 0.2) is 36.4 Å². The number of hydrogen-bond donors (Lipinski definition) is 1. The van der Waals surface area contributed by atoms with Crippen LogP contribution in [0.3, 0.4) is 0 Å². The van der Waals surface area contributed by atoms with Crippen molar-refractivity contribution in [2.45, 2.75) is 6.92 Å². The number of fused-ring (bicyclic) bond motifs is 1. The number of rotatable bonds is 1. The van der Waals surface area contributed by atoms with Gasteiger partial charge in [0.25, 0.3) is 0 Å². The molecule has 1 aromatic heterocycles. The number of nitrogens with one attached hydrogen (secondary N) is 1. The first-order valence-corrected chi connectivity index (χ1v) is 5.93. The summed E-state index contributed by atoms with van der Waals surface area (Å²) in [5.41, 5.74) is 3.42. The van der Waals surface area contributed by atoms with Gasteiger partial charge in [0.15, 0.2) is 0 Å². The quantitative estimate of drug-likeness (QED) is 0.693. The van der Waals surface area contributed by atoms with Gasteiger partial charge in [-0.1, -0.05) is 17.7 Å². The van der Waals surface area contributed by atoms with Gasteiger partial charge in [-0.3, -0.25) is 0 Å². The average Bonchev–Trinajstić information content (AvgIpc) is 2.74. The van der Waals surface area contributed by atoms with Gasteiger partial charge in [0.2, 0.25) is 0 Å². The molecule has 18 heavy (non-hydrogen) atoms. The molecule has 0 aliphatic rings. The molecule has 3 rings (SSSR count). The molecule has 0 aliphatic carbocycles. The molecule has 0 radical (unpaired) electrons. The number of aryl methyl sites for hydroxylation is 1. The summed E-state index contributed by atoms with van der Waals surface area (Å²) in [6.45, 7) is 1.99. The molecule has 90 valence electrons. The van der Waals surface area contributed by atoms with E-state index in [4.69, 9.17) is 11.6 Å². The van der Waals surface area contributed by atoms with Gasteiger partial charge in [0, 0.05) is 10.6 Å². The Morgan fingerprint density at radius 1 is 1.17 bits per heavy atom. The highest BCUT2D eigenvalue weighted by molar-refractivity contribution is 6.30. The lowest BCUT2D eigenvalue weighted by molar-refractivity contribution is 0.629. The maximum atomic E-state index is 13.1. The number of hydrogen-bond acceptors (Lipinski definition) is 1. The van der Waals surface area contributed by atoms with Gasteiger partial charge in [-0.25, -0.2) is 9.37 Å². The van der Waals surface area contributed by atoms with Crippen LogP contribution in [0.25, 0.3) is 22.4 Å². The summed E-state index contributed by atoms with van der Waals surface area (Å²) in [6.07, 6.45) is 0. The first-order valence-electron chi connectivity index (χ1n) is 5.55. The van der Waals surface area contributed by atoms with Crippen molar-refractivity contribution in [1.82, 2.24) is 9.97 Å². The molecule has 4 heteroatoms. The molecule has 0 bridgehead atoms. The van der Waals surface area contributed by atoms with Crippen LogP contribution in [0.4, 0.5) is 4.39 Å². The molecule has 2 aromatic carbocycles. The van der Waals surface area contributed by atoms with E-state index in [0.717, 1.165) is 16.6 Å². The van der Waals surface area contributed by atoms with Crippen LogP contribution in [0, 0.1) is 12.7 Å². The monoisotopic (exact) mass is 260 g/mol. The number of aromatic nitrogens is 2. The lowest BCUT2D eigenvalue weighted by atomic mass is 10.1. The van der Waals surface area contributed by atoms with E-state index in [1.165, 1.54) is 12.1 Å². The Hall–Kier alpha value is -1.87. The van der Waals surface area contributed by atoms with E-state index in [1.54, 1.807) is 6.07 Å². The summed E-state index contributed by atoms with van der Waals surface area (Å²) in [5, 5.41) is 0.655. The number of imidazole rings is 1. The van der Waals surface area contributed by atoms with Crippen molar-refractivity contribution >= 4 is 22.6 Å². The minimum atomic E-state index is -0.277. The zero-order chi connectivity index (χ0) is 12.7. The van der Waals surface area contributed by atoms with Gasteiger partial charge in [0.1, 0.15) is 11.6 Å². The Morgan fingerprint density at radius 2 is 2.00 bits per heavy atom. The van der Waals surface area contributed by atoms with Gasteiger partial charge in [-0.15, -0.1) is 0 Å². The average molecular weight is 261 g/mol. The smallest absolute Gasteiger partial charge is 0.138 e. The highest BCUT2D eigenvalue weighted by atomic mass is 35.5. The highest BCUT2D eigenvalue weighted by Crippen LogP contribution is 2.26. The van der Waals surface area contributed by atoms with Crippen LogP contribution in [0.5, 0.6) is 0 Å². The van der Waals surface area contributed by atoms with Crippen molar-refractivity contribution in [3.05, 3.63) is 52.8 Å². The molecule has 0 saturated heterocycles. The SMILES string of the molecule is Cc1ccc(Cl)cc1-c1nc2ccc(F)cc2[nH]1. The van der Waals surface area contributed by atoms with Gasteiger partial charge in [-0.05, 0) is 42.8 Å². The third kappa shape index (κ3) is 1.87. The lowest BCUT2D eigenvalue weighted by Crippen LogP contribution is -1.85. The Morgan fingerprint density at radius 3 is 2.83 bits per heavy atom. The molecule has 0 fully saturated rings. The summed E-state index contributed by atoms with van der Waals surface area (Å²) >= 11 is 5.99. The molecule has 0 spiro atoms. The molecular formula is C14H10ClFN2. The second-order valence-electron chi connectivity index (χ2n) is 4.21. The summed E-state index contributed by atoms with van der Waals surface area (Å²) in [6, 6.07) is 10.1. The van der Waals surface area contributed by atoms with Crippen molar-refractivity contribution in [2.75, 3.05) is 0 Å². The van der Waals surface area contributed by atoms with Crippen molar-refractivity contribution in [2.24, 2.45) is 0 Å². The van der Waals surface area contributed by atoms with Gasteiger partial charge >= 0.3 is 0 Å². The Balaban J connectivity index is 2.22. The normalized spacial score (nSPS) is 11.1. The number of nitrogens with zero attached hydrogens (tertiary/aromatic N) is 1. The Kier molecular flexibility index (Phi) is 2.56. The summed E-state index contributed by atoms with van der Waals surface area (Å²) < 4.78 is 13.1. The first kappa shape index (κ1) is 11.2. The molecular weight excluding hydrogens is 251 g/mol. The maximum Gasteiger partial charge on any atom is 0.138 e.